The van der Waals surface area contributed by atoms with Crippen LogP contribution in [-0.4, -0.2) is 11.0 Å². The van der Waals surface area contributed by atoms with Crippen LogP contribution < -0.4 is 5.32 Å². The average molecular weight is 240 g/mol. The molecule has 0 fully saturated rings. The van der Waals surface area contributed by atoms with Crippen molar-refractivity contribution in [3.63, 3.8) is 0 Å². The van der Waals surface area contributed by atoms with Crippen LogP contribution in [-0.2, 0) is 6.54 Å². The highest BCUT2D eigenvalue weighted by Gasteiger charge is 2.05. The van der Waals surface area contributed by atoms with Gasteiger partial charge in [0.05, 0.1) is 0 Å². The molecule has 94 valence electrons. The molecule has 0 aliphatic carbocycles. The Morgan fingerprint density at radius 3 is 2.67 bits per heavy atom. The summed E-state index contributed by atoms with van der Waals surface area (Å²) in [5.41, 5.74) is 4.91. The van der Waals surface area contributed by atoms with Crippen molar-refractivity contribution >= 4 is 0 Å². The normalized spacial score (nSPS) is 10.9. The molecule has 0 spiro atoms. The van der Waals surface area contributed by atoms with Crippen molar-refractivity contribution < 1.29 is 0 Å². The summed E-state index contributed by atoms with van der Waals surface area (Å²) >= 11 is 0. The van der Waals surface area contributed by atoms with Gasteiger partial charge in [-0.25, -0.2) is 0 Å². The predicted molar refractivity (Wildman–Crippen MR) is 76.4 cm³/mol. The second-order valence-electron chi connectivity index (χ2n) is 4.88. The number of nitrogens with zero attached hydrogens (tertiary/aromatic N) is 1. The van der Waals surface area contributed by atoms with Gasteiger partial charge < -0.3 is 5.32 Å². The van der Waals surface area contributed by atoms with Gasteiger partial charge in [-0.15, -0.1) is 0 Å². The molecule has 0 radical (unpaired) electrons. The van der Waals surface area contributed by atoms with Crippen LogP contribution in [0.1, 0.15) is 25.1 Å². The number of hydrogen-bond donors (Lipinski definition) is 1. The van der Waals surface area contributed by atoms with Gasteiger partial charge >= 0.3 is 0 Å². The van der Waals surface area contributed by atoms with Gasteiger partial charge in [-0.05, 0) is 35.7 Å². The fourth-order valence-electron chi connectivity index (χ4n) is 1.98. The van der Waals surface area contributed by atoms with E-state index in [1.807, 2.05) is 13.1 Å². The lowest BCUT2D eigenvalue weighted by Gasteiger charge is -2.13. The summed E-state index contributed by atoms with van der Waals surface area (Å²) in [6.07, 6.45) is 1.87. The Morgan fingerprint density at radius 1 is 1.17 bits per heavy atom. The highest BCUT2D eigenvalue weighted by Crippen LogP contribution is 2.23. The standard InChI is InChI=1S/C16H20N2/c1-12(2)18-11-15-6-4-5-7-16(15)14-8-9-17-13(3)10-14/h4-10,12,18H,11H2,1-3H3. The number of benzene rings is 1. The molecule has 1 aromatic carbocycles. The lowest BCUT2D eigenvalue weighted by Crippen LogP contribution is -2.22. The fraction of sp³-hybridized carbons (Fsp3) is 0.312. The van der Waals surface area contributed by atoms with Crippen molar-refractivity contribution in [3.05, 3.63) is 53.9 Å². The van der Waals surface area contributed by atoms with Gasteiger partial charge in [-0.2, -0.15) is 0 Å². The maximum absolute atomic E-state index is 4.25. The Balaban J connectivity index is 2.32. The van der Waals surface area contributed by atoms with Crippen LogP contribution in [0.15, 0.2) is 42.6 Å². The second kappa shape index (κ2) is 5.78. The number of aryl methyl sites for hydroxylation is 1. The third-order valence-electron chi connectivity index (χ3n) is 2.93. The molecule has 0 aliphatic rings. The first-order valence-corrected chi connectivity index (χ1v) is 6.41. The van der Waals surface area contributed by atoms with Crippen molar-refractivity contribution in [1.29, 1.82) is 0 Å². The summed E-state index contributed by atoms with van der Waals surface area (Å²) in [7, 11) is 0. The van der Waals surface area contributed by atoms with Gasteiger partial charge in [0.1, 0.15) is 0 Å². The molecule has 0 bridgehead atoms. The van der Waals surface area contributed by atoms with E-state index in [1.54, 1.807) is 0 Å². The van der Waals surface area contributed by atoms with Crippen LogP contribution in [0.25, 0.3) is 11.1 Å². The smallest absolute Gasteiger partial charge is 0.0378 e. The van der Waals surface area contributed by atoms with Gasteiger partial charge in [-0.3, -0.25) is 4.98 Å². The lowest BCUT2D eigenvalue weighted by atomic mass is 10.00. The van der Waals surface area contributed by atoms with Gasteiger partial charge in [-0.1, -0.05) is 38.1 Å². The first-order chi connectivity index (χ1) is 8.66. The quantitative estimate of drug-likeness (QED) is 0.884. The number of rotatable bonds is 4. The van der Waals surface area contributed by atoms with Crippen molar-refractivity contribution in [2.45, 2.75) is 33.4 Å². The Labute approximate surface area is 109 Å². The van der Waals surface area contributed by atoms with E-state index in [-0.39, 0.29) is 0 Å². The van der Waals surface area contributed by atoms with E-state index in [9.17, 15) is 0 Å². The van der Waals surface area contributed by atoms with Crippen LogP contribution in [0, 0.1) is 6.92 Å². The summed E-state index contributed by atoms with van der Waals surface area (Å²) in [6.45, 7) is 7.26. The molecule has 2 aromatic rings. The van der Waals surface area contributed by atoms with Crippen LogP contribution in [0.3, 0.4) is 0 Å². The third-order valence-corrected chi connectivity index (χ3v) is 2.93. The predicted octanol–water partition coefficient (Wildman–Crippen LogP) is 3.56. The Hall–Kier alpha value is -1.67. The molecular formula is C16H20N2. The zero-order chi connectivity index (χ0) is 13.0. The number of aromatic nitrogens is 1. The average Bonchev–Trinajstić information content (AvgIpc) is 2.36. The molecule has 2 heteroatoms. The summed E-state index contributed by atoms with van der Waals surface area (Å²) in [6, 6.07) is 13.2. The lowest BCUT2D eigenvalue weighted by molar-refractivity contribution is 0.589. The van der Waals surface area contributed by atoms with Crippen LogP contribution >= 0.6 is 0 Å². The minimum absolute atomic E-state index is 0.497. The third kappa shape index (κ3) is 3.17. The van der Waals surface area contributed by atoms with E-state index in [0.29, 0.717) is 6.04 Å². The van der Waals surface area contributed by atoms with Gasteiger partial charge in [0.15, 0.2) is 0 Å². The molecule has 1 aromatic heterocycles. The molecule has 0 unspecified atom stereocenters. The molecule has 2 nitrogen and oxygen atoms in total. The molecule has 0 atom stereocenters. The molecular weight excluding hydrogens is 220 g/mol. The van der Waals surface area contributed by atoms with Crippen molar-refractivity contribution in [3.8, 4) is 11.1 Å². The highest BCUT2D eigenvalue weighted by atomic mass is 14.9. The topological polar surface area (TPSA) is 24.9 Å². The van der Waals surface area contributed by atoms with E-state index in [4.69, 9.17) is 0 Å². The minimum Gasteiger partial charge on any atom is -0.310 e. The SMILES string of the molecule is Cc1cc(-c2ccccc2CNC(C)C)ccn1. The van der Waals surface area contributed by atoms with E-state index in [2.05, 4.69) is 60.5 Å². The molecule has 0 saturated carbocycles. The maximum Gasteiger partial charge on any atom is 0.0378 e. The van der Waals surface area contributed by atoms with E-state index in [0.717, 1.165) is 12.2 Å². The van der Waals surface area contributed by atoms with E-state index >= 15 is 0 Å². The molecule has 0 aliphatic heterocycles. The van der Waals surface area contributed by atoms with E-state index in [1.165, 1.54) is 16.7 Å². The monoisotopic (exact) mass is 240 g/mol. The summed E-state index contributed by atoms with van der Waals surface area (Å²) in [4.78, 5) is 4.25. The first-order valence-electron chi connectivity index (χ1n) is 6.41. The summed E-state index contributed by atoms with van der Waals surface area (Å²) in [5.74, 6) is 0. The Morgan fingerprint density at radius 2 is 1.94 bits per heavy atom. The molecule has 2 rings (SSSR count). The Kier molecular flexibility index (Phi) is 4.11. The van der Waals surface area contributed by atoms with E-state index < -0.39 is 0 Å². The van der Waals surface area contributed by atoms with Gasteiger partial charge in [0.2, 0.25) is 0 Å². The second-order valence-corrected chi connectivity index (χ2v) is 4.88. The van der Waals surface area contributed by atoms with Crippen LogP contribution in [0.4, 0.5) is 0 Å². The maximum atomic E-state index is 4.25. The van der Waals surface area contributed by atoms with Crippen LogP contribution in [0.5, 0.6) is 0 Å². The number of nitrogens with one attached hydrogen (secondary N) is 1. The number of pyridine rings is 1. The van der Waals surface area contributed by atoms with Gasteiger partial charge in [0, 0.05) is 24.5 Å². The first kappa shape index (κ1) is 12.8. The molecule has 18 heavy (non-hydrogen) atoms. The largest absolute Gasteiger partial charge is 0.310 e. The van der Waals surface area contributed by atoms with Crippen molar-refractivity contribution in [1.82, 2.24) is 10.3 Å². The molecule has 0 saturated heterocycles. The van der Waals surface area contributed by atoms with Crippen molar-refractivity contribution in [2.75, 3.05) is 0 Å². The van der Waals surface area contributed by atoms with Crippen molar-refractivity contribution in [2.24, 2.45) is 0 Å². The fourth-order valence-corrected chi connectivity index (χ4v) is 1.98. The minimum atomic E-state index is 0.497. The zero-order valence-corrected chi connectivity index (χ0v) is 11.3. The molecule has 0 amide bonds. The number of hydrogen-bond acceptors (Lipinski definition) is 2. The van der Waals surface area contributed by atoms with Gasteiger partial charge in [0.25, 0.3) is 0 Å². The Bertz CT molecular complexity index is 518. The zero-order valence-electron chi connectivity index (χ0n) is 11.3. The van der Waals surface area contributed by atoms with Crippen LogP contribution in [0.2, 0.25) is 0 Å². The highest BCUT2D eigenvalue weighted by molar-refractivity contribution is 5.67. The molecule has 1 N–H and O–H groups in total. The molecule has 1 heterocycles. The summed E-state index contributed by atoms with van der Waals surface area (Å²) < 4.78 is 0. The summed E-state index contributed by atoms with van der Waals surface area (Å²) in [5, 5.41) is 3.47.